The molecule has 38 heavy (non-hydrogen) atoms. The highest BCUT2D eigenvalue weighted by molar-refractivity contribution is 6.21. The van der Waals surface area contributed by atoms with Crippen LogP contribution >= 0.6 is 0 Å². The summed E-state index contributed by atoms with van der Waals surface area (Å²) in [5.74, 6) is -1.18. The number of rotatable bonds is 2. The zero-order valence-corrected chi connectivity index (χ0v) is 21.0. The van der Waals surface area contributed by atoms with E-state index in [0.717, 1.165) is 24.8 Å². The highest BCUT2D eigenvalue weighted by atomic mass is 16.5. The fourth-order valence-electron chi connectivity index (χ4n) is 7.08. The van der Waals surface area contributed by atoms with Crippen molar-refractivity contribution in [2.24, 2.45) is 0 Å². The molecule has 0 radical (unpaired) electrons. The van der Waals surface area contributed by atoms with E-state index < -0.39 is 11.6 Å². The van der Waals surface area contributed by atoms with Gasteiger partial charge < -0.3 is 25.2 Å². The molecule has 0 bridgehead atoms. The second-order valence-electron chi connectivity index (χ2n) is 10.6. The van der Waals surface area contributed by atoms with Gasteiger partial charge in [-0.1, -0.05) is 55.3 Å². The highest BCUT2D eigenvalue weighted by Crippen LogP contribution is 2.57. The molecule has 2 aliphatic heterocycles. The van der Waals surface area contributed by atoms with E-state index in [-0.39, 0.29) is 29.5 Å². The van der Waals surface area contributed by atoms with Crippen LogP contribution in [0.4, 0.5) is 0 Å². The second-order valence-corrected chi connectivity index (χ2v) is 10.6. The van der Waals surface area contributed by atoms with Gasteiger partial charge in [0.05, 0.1) is 24.8 Å². The lowest BCUT2D eigenvalue weighted by Gasteiger charge is -2.50. The van der Waals surface area contributed by atoms with E-state index in [9.17, 15) is 19.8 Å². The number of ether oxygens (including phenoxy) is 1. The number of amides is 1. The Kier molecular flexibility index (Phi) is 4.97. The van der Waals surface area contributed by atoms with Gasteiger partial charge in [-0.05, 0) is 37.1 Å². The van der Waals surface area contributed by atoms with Gasteiger partial charge in [-0.25, -0.2) is 0 Å². The van der Waals surface area contributed by atoms with Crippen LogP contribution in [-0.4, -0.2) is 46.0 Å². The maximum Gasteiger partial charge on any atom is 0.257 e. The standard InChI is InChI=1S/C31H28N2O5/c1-38-17-14-15-25(34)21(16-17)27-26-28(18-8-2-3-9-19(18)29(26)35)32-23-12-6-7-13-24(23)33-30(36)20-10-4-5-11-22(20)31(27,33)37/h2-5,8-11,14-16,23-24,27,32,34,37H,6-7,12-13H2,1H3. The van der Waals surface area contributed by atoms with Crippen LogP contribution in [0, 0.1) is 0 Å². The molecule has 0 aromatic heterocycles. The normalized spacial score (nSPS) is 27.4. The van der Waals surface area contributed by atoms with Crippen molar-refractivity contribution in [2.75, 3.05) is 7.11 Å². The Morgan fingerprint density at radius 3 is 2.45 bits per heavy atom. The Balaban J connectivity index is 1.60. The summed E-state index contributed by atoms with van der Waals surface area (Å²) in [5, 5.41) is 28.0. The number of nitrogens with zero attached hydrogens (tertiary/aromatic N) is 1. The third kappa shape index (κ3) is 2.93. The first-order valence-corrected chi connectivity index (χ1v) is 13.1. The van der Waals surface area contributed by atoms with Gasteiger partial charge in [0.15, 0.2) is 11.5 Å². The summed E-state index contributed by atoms with van der Waals surface area (Å²) in [6.45, 7) is 0. The Labute approximate surface area is 220 Å². The lowest BCUT2D eigenvalue weighted by molar-refractivity contribution is -0.124. The number of fused-ring (bicyclic) bond motifs is 7. The summed E-state index contributed by atoms with van der Waals surface area (Å²) >= 11 is 0. The zero-order valence-electron chi connectivity index (χ0n) is 21.0. The molecule has 4 unspecified atom stereocenters. The van der Waals surface area contributed by atoms with Crippen LogP contribution in [0.5, 0.6) is 11.5 Å². The number of carbonyl (C=O) groups excluding carboxylic acids is 2. The lowest BCUT2D eigenvalue weighted by atomic mass is 9.74. The van der Waals surface area contributed by atoms with Crippen LogP contribution < -0.4 is 10.1 Å². The van der Waals surface area contributed by atoms with E-state index in [1.165, 1.54) is 13.2 Å². The number of Topliss-reactive ketones (excluding diaryl/α,β-unsaturated/α-hetero) is 1. The molecule has 4 atom stereocenters. The maximum atomic E-state index is 14.2. The number of nitrogens with one attached hydrogen (secondary N) is 1. The van der Waals surface area contributed by atoms with Crippen molar-refractivity contribution < 1.29 is 24.5 Å². The van der Waals surface area contributed by atoms with Crippen molar-refractivity contribution in [3.05, 3.63) is 100 Å². The monoisotopic (exact) mass is 508 g/mol. The Hall–Kier alpha value is -4.10. The number of methoxy groups -OCH3 is 1. The molecule has 0 spiro atoms. The topological polar surface area (TPSA) is 99.1 Å². The third-order valence-corrected chi connectivity index (χ3v) is 8.72. The minimum Gasteiger partial charge on any atom is -0.508 e. The highest BCUT2D eigenvalue weighted by Gasteiger charge is 2.61. The number of aromatic hydroxyl groups is 1. The summed E-state index contributed by atoms with van der Waals surface area (Å²) < 4.78 is 5.49. The van der Waals surface area contributed by atoms with E-state index >= 15 is 0 Å². The number of phenolic OH excluding ortho intramolecular Hbond substituents is 1. The fourth-order valence-corrected chi connectivity index (χ4v) is 7.08. The summed E-state index contributed by atoms with van der Waals surface area (Å²) in [6.07, 6.45) is 3.44. The summed E-state index contributed by atoms with van der Waals surface area (Å²) in [6, 6.07) is 18.9. The molecular formula is C31H28N2O5. The molecule has 2 aliphatic carbocycles. The average Bonchev–Trinajstić information content (AvgIpc) is 3.33. The largest absolute Gasteiger partial charge is 0.508 e. The first kappa shape index (κ1) is 23.0. The number of ketones is 1. The van der Waals surface area contributed by atoms with Gasteiger partial charge in [0.2, 0.25) is 0 Å². The predicted molar refractivity (Wildman–Crippen MR) is 141 cm³/mol. The zero-order chi connectivity index (χ0) is 26.2. The molecule has 4 aliphatic rings. The fraction of sp³-hybridized carbons (Fsp3) is 0.290. The third-order valence-electron chi connectivity index (χ3n) is 8.72. The SMILES string of the molecule is COc1ccc(O)c(C2C3=C(NC4CCCCC4N4C(=O)c5ccccc5C24O)c2ccccc2C3=O)c1. The van der Waals surface area contributed by atoms with Crippen molar-refractivity contribution in [2.45, 2.75) is 49.4 Å². The van der Waals surface area contributed by atoms with Gasteiger partial charge in [-0.2, -0.15) is 0 Å². The molecular weight excluding hydrogens is 480 g/mol. The van der Waals surface area contributed by atoms with Gasteiger partial charge in [0.1, 0.15) is 11.5 Å². The molecule has 1 fully saturated rings. The number of carbonyl (C=O) groups is 2. The van der Waals surface area contributed by atoms with Crippen LogP contribution in [0.2, 0.25) is 0 Å². The number of aliphatic hydroxyl groups is 1. The van der Waals surface area contributed by atoms with E-state index in [1.54, 1.807) is 47.4 Å². The van der Waals surface area contributed by atoms with Gasteiger partial charge in [-0.3, -0.25) is 9.59 Å². The van der Waals surface area contributed by atoms with Crippen molar-refractivity contribution in [1.29, 1.82) is 0 Å². The van der Waals surface area contributed by atoms with Gasteiger partial charge in [-0.15, -0.1) is 0 Å². The van der Waals surface area contributed by atoms with Crippen molar-refractivity contribution >= 4 is 17.4 Å². The molecule has 7 heteroatoms. The first-order valence-electron chi connectivity index (χ1n) is 13.1. The number of phenols is 1. The predicted octanol–water partition coefficient (Wildman–Crippen LogP) is 4.31. The Morgan fingerprint density at radius 1 is 0.947 bits per heavy atom. The van der Waals surface area contributed by atoms with Crippen molar-refractivity contribution in [3.8, 4) is 11.5 Å². The molecule has 3 aromatic rings. The number of benzene rings is 3. The molecule has 2 heterocycles. The minimum absolute atomic E-state index is 0.0858. The Bertz CT molecular complexity index is 1540. The van der Waals surface area contributed by atoms with Gasteiger partial charge in [0, 0.05) is 39.4 Å². The summed E-state index contributed by atoms with van der Waals surface area (Å²) in [5.41, 5.74) is 1.61. The molecule has 7 rings (SSSR count). The molecule has 3 aromatic carbocycles. The first-order chi connectivity index (χ1) is 18.4. The van der Waals surface area contributed by atoms with E-state index in [1.807, 2.05) is 18.2 Å². The summed E-state index contributed by atoms with van der Waals surface area (Å²) in [4.78, 5) is 29.9. The van der Waals surface area contributed by atoms with Crippen LogP contribution in [-0.2, 0) is 5.72 Å². The van der Waals surface area contributed by atoms with Crippen molar-refractivity contribution in [3.63, 3.8) is 0 Å². The molecule has 1 amide bonds. The molecule has 192 valence electrons. The van der Waals surface area contributed by atoms with E-state index in [0.29, 0.717) is 45.7 Å². The molecule has 7 nitrogen and oxygen atoms in total. The maximum absolute atomic E-state index is 14.2. The smallest absolute Gasteiger partial charge is 0.257 e. The van der Waals surface area contributed by atoms with Crippen LogP contribution in [0.3, 0.4) is 0 Å². The summed E-state index contributed by atoms with van der Waals surface area (Å²) in [7, 11) is 1.53. The van der Waals surface area contributed by atoms with Gasteiger partial charge in [0.25, 0.3) is 5.91 Å². The lowest BCUT2D eigenvalue weighted by Crippen LogP contribution is -2.61. The van der Waals surface area contributed by atoms with Crippen LogP contribution in [0.1, 0.15) is 69.0 Å². The molecule has 0 saturated heterocycles. The minimum atomic E-state index is -1.90. The van der Waals surface area contributed by atoms with Crippen LogP contribution in [0.15, 0.2) is 72.3 Å². The second kappa shape index (κ2) is 8.20. The van der Waals surface area contributed by atoms with Gasteiger partial charge >= 0.3 is 0 Å². The van der Waals surface area contributed by atoms with Crippen molar-refractivity contribution in [1.82, 2.24) is 10.2 Å². The van der Waals surface area contributed by atoms with E-state index in [4.69, 9.17) is 4.74 Å². The molecule has 3 N–H and O–H groups in total. The average molecular weight is 509 g/mol. The quantitative estimate of drug-likeness (QED) is 0.477. The number of hydrogen-bond donors (Lipinski definition) is 3. The number of hydrogen-bond acceptors (Lipinski definition) is 6. The van der Waals surface area contributed by atoms with Crippen LogP contribution in [0.25, 0.3) is 5.70 Å². The Morgan fingerprint density at radius 2 is 1.66 bits per heavy atom. The van der Waals surface area contributed by atoms with E-state index in [2.05, 4.69) is 5.32 Å². The molecule has 1 saturated carbocycles.